The van der Waals surface area contributed by atoms with Crippen LogP contribution < -0.4 is 11.1 Å². The Kier molecular flexibility index (Phi) is 7.96. The lowest BCUT2D eigenvalue weighted by Gasteiger charge is -2.19. The van der Waals surface area contributed by atoms with Gasteiger partial charge in [-0.15, -0.1) is 0 Å². The topological polar surface area (TPSA) is 121 Å². The van der Waals surface area contributed by atoms with E-state index in [9.17, 15) is 14.4 Å². The second-order valence-corrected chi connectivity index (χ2v) is 6.87. The van der Waals surface area contributed by atoms with Crippen molar-refractivity contribution in [1.29, 1.82) is 0 Å². The molecule has 1 rings (SSSR count). The Hall–Kier alpha value is -2.90. The number of ether oxygens (including phenoxy) is 2. The number of nitrogens with one attached hydrogen (secondary N) is 1. The number of carbonyl (C=O) groups excluding carboxylic acids is 3. The summed E-state index contributed by atoms with van der Waals surface area (Å²) in [7, 11) is 1.14. The lowest BCUT2D eigenvalue weighted by Crippen LogP contribution is -2.29. The fourth-order valence-corrected chi connectivity index (χ4v) is 1.94. The predicted molar refractivity (Wildman–Crippen MR) is 101 cm³/mol. The molecule has 0 aliphatic heterocycles. The first-order valence-electron chi connectivity index (χ1n) is 8.65. The Morgan fingerprint density at radius 1 is 1.22 bits per heavy atom. The molecule has 0 saturated heterocycles. The monoisotopic (exact) mass is 377 g/mol. The first-order chi connectivity index (χ1) is 12.6. The third-order valence-electron chi connectivity index (χ3n) is 3.61. The summed E-state index contributed by atoms with van der Waals surface area (Å²) >= 11 is 0. The highest BCUT2D eigenvalue weighted by Gasteiger charge is 2.28. The Bertz CT molecular complexity index is 735. The molecule has 0 atom stereocenters. The molecule has 27 heavy (non-hydrogen) atoms. The van der Waals surface area contributed by atoms with E-state index in [1.807, 2.05) is 6.92 Å². The number of esters is 2. The average Bonchev–Trinajstić information content (AvgIpc) is 2.61. The van der Waals surface area contributed by atoms with E-state index >= 15 is 0 Å². The third kappa shape index (κ3) is 6.09. The van der Waals surface area contributed by atoms with Gasteiger partial charge in [0.05, 0.1) is 19.4 Å². The Labute approximate surface area is 159 Å². The number of anilines is 1. The fraction of sp³-hybridized carbons (Fsp3) is 0.474. The fourth-order valence-electron chi connectivity index (χ4n) is 1.94. The number of carbonyl (C=O) groups is 3. The molecule has 0 radical (unpaired) electrons. The van der Waals surface area contributed by atoms with E-state index in [0.29, 0.717) is 6.42 Å². The molecule has 148 valence electrons. The first-order valence-corrected chi connectivity index (χ1v) is 8.65. The second-order valence-electron chi connectivity index (χ2n) is 6.87. The van der Waals surface area contributed by atoms with E-state index < -0.39 is 22.9 Å². The summed E-state index contributed by atoms with van der Waals surface area (Å²) in [4.78, 5) is 40.9. The van der Waals surface area contributed by atoms with E-state index in [-0.39, 0.29) is 29.6 Å². The minimum absolute atomic E-state index is 0.137. The summed E-state index contributed by atoms with van der Waals surface area (Å²) in [6, 6.07) is 3.12. The van der Waals surface area contributed by atoms with Crippen molar-refractivity contribution < 1.29 is 23.9 Å². The summed E-state index contributed by atoms with van der Waals surface area (Å²) in [5, 5.41) is 2.67. The van der Waals surface area contributed by atoms with Gasteiger partial charge in [0.2, 0.25) is 5.91 Å². The number of unbranched alkanes of at least 4 members (excludes halogenated alkanes) is 1. The number of amides is 1. The largest absolute Gasteiger partial charge is 0.465 e. The van der Waals surface area contributed by atoms with E-state index in [2.05, 4.69) is 15.0 Å². The zero-order valence-electron chi connectivity index (χ0n) is 16.4. The first kappa shape index (κ1) is 22.1. The van der Waals surface area contributed by atoms with Gasteiger partial charge in [0, 0.05) is 17.2 Å². The van der Waals surface area contributed by atoms with Crippen molar-refractivity contribution in [2.75, 3.05) is 19.0 Å². The summed E-state index contributed by atoms with van der Waals surface area (Å²) in [5.41, 5.74) is 5.03. The molecule has 0 spiro atoms. The molecule has 0 aliphatic rings. The quantitative estimate of drug-likeness (QED) is 0.246. The van der Waals surface area contributed by atoms with E-state index in [1.54, 1.807) is 32.9 Å². The summed E-state index contributed by atoms with van der Waals surface area (Å²) in [6.45, 7) is 7.34. The molecule has 1 amide bonds. The van der Waals surface area contributed by atoms with Crippen molar-refractivity contribution in [2.24, 2.45) is 11.1 Å². The van der Waals surface area contributed by atoms with Gasteiger partial charge in [-0.3, -0.25) is 4.79 Å². The minimum atomic E-state index is -0.925. The maximum atomic E-state index is 12.4. The summed E-state index contributed by atoms with van der Waals surface area (Å²) < 4.78 is 9.77. The number of aromatic nitrogens is 1. The van der Waals surface area contributed by atoms with E-state index in [4.69, 9.17) is 10.5 Å². The molecule has 1 aromatic heterocycles. The SMILES string of the molecule is CCCCOC(=O)/C(C(=O)OC)=C(/N)c1cccnc1NC(=O)C(C)(C)C. The van der Waals surface area contributed by atoms with Crippen molar-refractivity contribution >= 4 is 29.4 Å². The smallest absolute Gasteiger partial charge is 0.347 e. The van der Waals surface area contributed by atoms with Gasteiger partial charge >= 0.3 is 11.9 Å². The Balaban J connectivity index is 3.34. The molecule has 0 bridgehead atoms. The Morgan fingerprint density at radius 3 is 2.44 bits per heavy atom. The van der Waals surface area contributed by atoms with Crippen LogP contribution in [-0.2, 0) is 23.9 Å². The highest BCUT2D eigenvalue weighted by molar-refractivity contribution is 6.20. The van der Waals surface area contributed by atoms with Crippen LogP contribution in [0.15, 0.2) is 23.9 Å². The lowest BCUT2D eigenvalue weighted by molar-refractivity contribution is -0.145. The van der Waals surface area contributed by atoms with Crippen molar-refractivity contribution in [3.63, 3.8) is 0 Å². The molecule has 1 aromatic rings. The minimum Gasteiger partial charge on any atom is -0.465 e. The van der Waals surface area contributed by atoms with Crippen molar-refractivity contribution in [1.82, 2.24) is 4.98 Å². The van der Waals surface area contributed by atoms with Crippen LogP contribution in [0.2, 0.25) is 0 Å². The van der Waals surface area contributed by atoms with Gasteiger partial charge in [-0.05, 0) is 18.6 Å². The zero-order chi connectivity index (χ0) is 20.6. The number of rotatable bonds is 7. The van der Waals surface area contributed by atoms with Gasteiger partial charge in [-0.25, -0.2) is 14.6 Å². The molecule has 3 N–H and O–H groups in total. The molecule has 8 heteroatoms. The third-order valence-corrected chi connectivity index (χ3v) is 3.61. The molecule has 1 heterocycles. The van der Waals surface area contributed by atoms with Crippen LogP contribution in [0.25, 0.3) is 5.70 Å². The molecule has 0 unspecified atom stereocenters. The maximum Gasteiger partial charge on any atom is 0.347 e. The van der Waals surface area contributed by atoms with Gasteiger partial charge in [-0.2, -0.15) is 0 Å². The standard InChI is InChI=1S/C19H27N3O5/c1-6-7-11-27-17(24)13(16(23)26-5)14(20)12-9-8-10-21-15(12)22-18(25)19(2,3)4/h8-10H,6-7,11,20H2,1-5H3,(H,21,22,25)/b14-13+. The van der Waals surface area contributed by atoms with E-state index in [1.165, 1.54) is 6.20 Å². The molecule has 0 fully saturated rings. The molecular formula is C19H27N3O5. The highest BCUT2D eigenvalue weighted by Crippen LogP contribution is 2.24. The molecule has 0 aromatic carbocycles. The highest BCUT2D eigenvalue weighted by atomic mass is 16.5. The van der Waals surface area contributed by atoms with Crippen LogP contribution in [0, 0.1) is 5.41 Å². The van der Waals surface area contributed by atoms with Crippen LogP contribution in [-0.4, -0.2) is 36.5 Å². The van der Waals surface area contributed by atoms with Gasteiger partial charge in [0.15, 0.2) is 5.57 Å². The number of nitrogens with zero attached hydrogens (tertiary/aromatic N) is 1. The molecule has 0 saturated carbocycles. The maximum absolute atomic E-state index is 12.4. The second kappa shape index (κ2) is 9.70. The van der Waals surface area contributed by atoms with Crippen molar-refractivity contribution in [3.8, 4) is 0 Å². The number of methoxy groups -OCH3 is 1. The number of hydrogen-bond donors (Lipinski definition) is 2. The summed E-state index contributed by atoms with van der Waals surface area (Å²) in [6.07, 6.45) is 2.94. The van der Waals surface area contributed by atoms with Crippen molar-refractivity contribution in [2.45, 2.75) is 40.5 Å². The van der Waals surface area contributed by atoms with Crippen LogP contribution in [0.3, 0.4) is 0 Å². The summed E-state index contributed by atoms with van der Waals surface area (Å²) in [5.74, 6) is -1.96. The van der Waals surface area contributed by atoms with Crippen LogP contribution in [0.4, 0.5) is 5.82 Å². The molecular weight excluding hydrogens is 350 g/mol. The van der Waals surface area contributed by atoms with E-state index in [0.717, 1.165) is 13.5 Å². The predicted octanol–water partition coefficient (Wildman–Crippen LogP) is 2.25. The van der Waals surface area contributed by atoms with Crippen LogP contribution >= 0.6 is 0 Å². The molecule has 8 nitrogen and oxygen atoms in total. The lowest BCUT2D eigenvalue weighted by atomic mass is 9.95. The average molecular weight is 377 g/mol. The Morgan fingerprint density at radius 2 is 1.89 bits per heavy atom. The van der Waals surface area contributed by atoms with Crippen LogP contribution in [0.1, 0.15) is 46.1 Å². The van der Waals surface area contributed by atoms with Gasteiger partial charge < -0.3 is 20.5 Å². The van der Waals surface area contributed by atoms with Gasteiger partial charge in [-0.1, -0.05) is 34.1 Å². The zero-order valence-corrected chi connectivity index (χ0v) is 16.4. The number of nitrogens with two attached hydrogens (primary N) is 1. The molecule has 0 aliphatic carbocycles. The van der Waals surface area contributed by atoms with Crippen molar-refractivity contribution in [3.05, 3.63) is 29.5 Å². The number of pyridine rings is 1. The number of hydrogen-bond acceptors (Lipinski definition) is 7. The normalized spacial score (nSPS) is 12.0. The van der Waals surface area contributed by atoms with Gasteiger partial charge in [0.25, 0.3) is 0 Å². The van der Waals surface area contributed by atoms with Gasteiger partial charge in [0.1, 0.15) is 5.82 Å². The van der Waals surface area contributed by atoms with Crippen LogP contribution in [0.5, 0.6) is 0 Å².